The molecule has 5 nitrogen and oxygen atoms in total. The third-order valence-electron chi connectivity index (χ3n) is 3.15. The zero-order valence-electron chi connectivity index (χ0n) is 10.4. The lowest BCUT2D eigenvalue weighted by Gasteiger charge is -2.22. The quantitative estimate of drug-likeness (QED) is 0.755. The molecule has 0 bridgehead atoms. The van der Waals surface area contributed by atoms with E-state index in [1.54, 1.807) is 26.6 Å². The smallest absolute Gasteiger partial charge is 0.142 e. The van der Waals surface area contributed by atoms with Crippen molar-refractivity contribution in [2.24, 2.45) is 0 Å². The van der Waals surface area contributed by atoms with E-state index in [-0.39, 0.29) is 0 Å². The van der Waals surface area contributed by atoms with E-state index in [1.165, 1.54) is 0 Å². The summed E-state index contributed by atoms with van der Waals surface area (Å²) in [6.45, 7) is 2.41. The average molecular weight is 237 g/mol. The lowest BCUT2D eigenvalue weighted by Crippen LogP contribution is -2.33. The van der Waals surface area contributed by atoms with Gasteiger partial charge in [-0.2, -0.15) is 0 Å². The van der Waals surface area contributed by atoms with E-state index in [1.807, 2.05) is 6.07 Å². The summed E-state index contributed by atoms with van der Waals surface area (Å²) in [4.78, 5) is 10.8. The zero-order valence-corrected chi connectivity index (χ0v) is 10.4. The Morgan fingerprint density at radius 3 is 2.76 bits per heavy atom. The molecule has 1 fully saturated rings. The van der Waals surface area contributed by atoms with Crippen LogP contribution < -0.4 is 0 Å². The summed E-state index contributed by atoms with van der Waals surface area (Å²) in [6.07, 6.45) is 4.85. The summed E-state index contributed by atoms with van der Waals surface area (Å²) in [6, 6.07) is 2.23. The van der Waals surface area contributed by atoms with Crippen LogP contribution >= 0.6 is 0 Å². The summed E-state index contributed by atoms with van der Waals surface area (Å²) in [5.41, 5.74) is 0. The van der Waals surface area contributed by atoms with Gasteiger partial charge in [0.05, 0.1) is 19.3 Å². The van der Waals surface area contributed by atoms with Crippen molar-refractivity contribution in [2.45, 2.75) is 25.1 Å². The molecule has 1 aromatic rings. The highest BCUT2D eigenvalue weighted by molar-refractivity contribution is 4.93. The number of ether oxygens (including phenoxy) is 2. The predicted octanol–water partition coefficient (Wildman–Crippen LogP) is 0.712. The molecular weight excluding hydrogens is 218 g/mol. The van der Waals surface area contributed by atoms with Crippen molar-refractivity contribution in [2.75, 3.05) is 27.4 Å². The topological polar surface area (TPSA) is 47.5 Å². The molecule has 5 heteroatoms. The molecule has 1 aliphatic rings. The van der Waals surface area contributed by atoms with Crippen molar-refractivity contribution in [1.29, 1.82) is 0 Å². The summed E-state index contributed by atoms with van der Waals surface area (Å²) in [5.74, 6) is 0.852. The van der Waals surface area contributed by atoms with E-state index in [9.17, 15) is 0 Å². The summed E-state index contributed by atoms with van der Waals surface area (Å²) >= 11 is 0. The minimum absolute atomic E-state index is 0.291. The van der Waals surface area contributed by atoms with Gasteiger partial charge in [-0.25, -0.2) is 9.97 Å². The molecule has 0 radical (unpaired) electrons. The monoisotopic (exact) mass is 237 g/mol. The second-order valence-corrected chi connectivity index (χ2v) is 4.30. The third-order valence-corrected chi connectivity index (χ3v) is 3.15. The van der Waals surface area contributed by atoms with Gasteiger partial charge in [-0.3, -0.25) is 4.90 Å². The van der Waals surface area contributed by atoms with E-state index in [0.29, 0.717) is 12.1 Å². The fourth-order valence-electron chi connectivity index (χ4n) is 2.26. The number of nitrogens with zero attached hydrogens (tertiary/aromatic N) is 3. The van der Waals surface area contributed by atoms with Crippen LogP contribution in [0.5, 0.6) is 0 Å². The molecule has 0 spiro atoms. The first-order valence-electron chi connectivity index (χ1n) is 5.85. The molecule has 2 atom stereocenters. The van der Waals surface area contributed by atoms with Crippen LogP contribution in [-0.4, -0.2) is 54.4 Å². The van der Waals surface area contributed by atoms with Gasteiger partial charge >= 0.3 is 0 Å². The van der Waals surface area contributed by atoms with Crippen LogP contribution in [0.3, 0.4) is 0 Å². The Labute approximate surface area is 102 Å². The van der Waals surface area contributed by atoms with Crippen LogP contribution in [0.4, 0.5) is 0 Å². The van der Waals surface area contributed by atoms with Gasteiger partial charge in [0.15, 0.2) is 0 Å². The van der Waals surface area contributed by atoms with Gasteiger partial charge in [-0.15, -0.1) is 0 Å². The van der Waals surface area contributed by atoms with Gasteiger partial charge in [0.2, 0.25) is 0 Å². The van der Waals surface area contributed by atoms with Crippen LogP contribution in [0.1, 0.15) is 12.2 Å². The molecule has 0 amide bonds. The predicted molar refractivity (Wildman–Crippen MR) is 63.5 cm³/mol. The molecule has 2 rings (SSSR count). The number of hydrogen-bond acceptors (Lipinski definition) is 5. The molecule has 1 saturated heterocycles. The fraction of sp³-hybridized carbons (Fsp3) is 0.667. The van der Waals surface area contributed by atoms with Gasteiger partial charge in [0.1, 0.15) is 5.82 Å². The van der Waals surface area contributed by atoms with E-state index < -0.39 is 0 Å². The second kappa shape index (κ2) is 6.05. The van der Waals surface area contributed by atoms with E-state index in [0.717, 1.165) is 31.9 Å². The molecule has 0 aromatic carbocycles. The molecule has 2 heterocycles. The number of rotatable bonds is 5. The first kappa shape index (κ1) is 12.4. The van der Waals surface area contributed by atoms with Crippen molar-refractivity contribution >= 4 is 0 Å². The van der Waals surface area contributed by atoms with Gasteiger partial charge in [0, 0.05) is 39.2 Å². The molecule has 0 unspecified atom stereocenters. The zero-order chi connectivity index (χ0) is 12.1. The standard InChI is InChI=1S/C12H19N3O2/c1-16-9-10-6-11(17-2)7-15(10)8-12-13-4-3-5-14-12/h3-5,10-11H,6-9H2,1-2H3/t10-,11+/m0/s1. The maximum Gasteiger partial charge on any atom is 0.142 e. The van der Waals surface area contributed by atoms with Crippen molar-refractivity contribution in [1.82, 2.24) is 14.9 Å². The Balaban J connectivity index is 1.98. The van der Waals surface area contributed by atoms with E-state index in [2.05, 4.69) is 14.9 Å². The van der Waals surface area contributed by atoms with Crippen LogP contribution in [0.2, 0.25) is 0 Å². The Hall–Kier alpha value is -1.04. The number of likely N-dealkylation sites (tertiary alicyclic amines) is 1. The van der Waals surface area contributed by atoms with Crippen LogP contribution in [0.15, 0.2) is 18.5 Å². The molecule has 1 aromatic heterocycles. The van der Waals surface area contributed by atoms with E-state index >= 15 is 0 Å². The maximum absolute atomic E-state index is 5.42. The Kier molecular flexibility index (Phi) is 4.42. The van der Waals surface area contributed by atoms with Crippen molar-refractivity contribution in [3.8, 4) is 0 Å². The van der Waals surface area contributed by atoms with Gasteiger partial charge in [0.25, 0.3) is 0 Å². The largest absolute Gasteiger partial charge is 0.383 e. The highest BCUT2D eigenvalue weighted by atomic mass is 16.5. The number of hydrogen-bond donors (Lipinski definition) is 0. The van der Waals surface area contributed by atoms with Gasteiger partial charge in [-0.1, -0.05) is 0 Å². The van der Waals surface area contributed by atoms with Gasteiger partial charge in [-0.05, 0) is 12.5 Å². The third kappa shape index (κ3) is 3.21. The Morgan fingerprint density at radius 1 is 1.35 bits per heavy atom. The minimum atomic E-state index is 0.291. The lowest BCUT2D eigenvalue weighted by atomic mass is 10.2. The molecule has 0 saturated carbocycles. The highest BCUT2D eigenvalue weighted by Gasteiger charge is 2.32. The highest BCUT2D eigenvalue weighted by Crippen LogP contribution is 2.21. The lowest BCUT2D eigenvalue weighted by molar-refractivity contribution is 0.105. The van der Waals surface area contributed by atoms with Crippen molar-refractivity contribution < 1.29 is 9.47 Å². The van der Waals surface area contributed by atoms with Gasteiger partial charge < -0.3 is 9.47 Å². The van der Waals surface area contributed by atoms with Crippen LogP contribution in [0, 0.1) is 0 Å². The fourth-order valence-corrected chi connectivity index (χ4v) is 2.26. The Bertz CT molecular complexity index is 334. The molecule has 0 aliphatic carbocycles. The maximum atomic E-state index is 5.42. The molecule has 1 aliphatic heterocycles. The first-order chi connectivity index (χ1) is 8.33. The molecule has 94 valence electrons. The minimum Gasteiger partial charge on any atom is -0.383 e. The summed E-state index contributed by atoms with van der Waals surface area (Å²) in [7, 11) is 3.49. The van der Waals surface area contributed by atoms with Crippen molar-refractivity contribution in [3.05, 3.63) is 24.3 Å². The normalized spacial score (nSPS) is 25.3. The number of aromatic nitrogens is 2. The van der Waals surface area contributed by atoms with Crippen molar-refractivity contribution in [3.63, 3.8) is 0 Å². The number of methoxy groups -OCH3 is 2. The molecule has 0 N–H and O–H groups in total. The van der Waals surface area contributed by atoms with Crippen LogP contribution in [-0.2, 0) is 16.0 Å². The van der Waals surface area contributed by atoms with Crippen LogP contribution in [0.25, 0.3) is 0 Å². The summed E-state index contributed by atoms with van der Waals surface area (Å²) in [5, 5.41) is 0. The first-order valence-corrected chi connectivity index (χ1v) is 5.85. The average Bonchev–Trinajstić information content (AvgIpc) is 2.74. The summed E-state index contributed by atoms with van der Waals surface area (Å²) < 4.78 is 10.7. The second-order valence-electron chi connectivity index (χ2n) is 4.30. The van der Waals surface area contributed by atoms with E-state index in [4.69, 9.17) is 9.47 Å². The SMILES string of the molecule is COC[C@@H]1C[C@@H](OC)CN1Cc1ncccn1. The molecular formula is C12H19N3O2. The molecule has 17 heavy (non-hydrogen) atoms. The Morgan fingerprint density at radius 2 is 2.12 bits per heavy atom.